The lowest BCUT2D eigenvalue weighted by atomic mass is 9.93. The predicted molar refractivity (Wildman–Crippen MR) is 76.4 cm³/mol. The lowest BCUT2D eigenvalue weighted by Gasteiger charge is -2.38. The molecule has 0 saturated heterocycles. The molecule has 0 bridgehead atoms. The third-order valence-electron chi connectivity index (χ3n) is 3.90. The van der Waals surface area contributed by atoms with Crippen LogP contribution in [-0.2, 0) is 9.47 Å². The van der Waals surface area contributed by atoms with Crippen molar-refractivity contribution in [2.75, 3.05) is 60.2 Å². The van der Waals surface area contributed by atoms with E-state index < -0.39 is 0 Å². The van der Waals surface area contributed by atoms with E-state index in [4.69, 9.17) is 9.47 Å². The Balaban J connectivity index is 2.59. The molecule has 1 fully saturated rings. The quantitative estimate of drug-likeness (QED) is 0.537. The van der Waals surface area contributed by atoms with Crippen LogP contribution in [0.25, 0.3) is 0 Å². The maximum atomic E-state index is 9.87. The molecule has 1 saturated carbocycles. The molecule has 1 atom stereocenters. The van der Waals surface area contributed by atoms with Crippen LogP contribution in [0.5, 0.6) is 0 Å². The molecule has 5 heteroatoms. The first-order valence-corrected chi connectivity index (χ1v) is 7.28. The molecule has 5 nitrogen and oxygen atoms in total. The summed E-state index contributed by atoms with van der Waals surface area (Å²) in [5.41, 5.74) is -0.157. The van der Waals surface area contributed by atoms with Crippen molar-refractivity contribution in [2.45, 2.75) is 25.3 Å². The fraction of sp³-hybridized carbons (Fsp3) is 1.00. The van der Waals surface area contributed by atoms with Crippen molar-refractivity contribution in [3.05, 3.63) is 0 Å². The monoisotopic (exact) mass is 274 g/mol. The van der Waals surface area contributed by atoms with E-state index in [1.54, 1.807) is 14.2 Å². The summed E-state index contributed by atoms with van der Waals surface area (Å²) in [5, 5.41) is 13.4. The summed E-state index contributed by atoms with van der Waals surface area (Å²) < 4.78 is 10.3. The molecule has 1 aliphatic rings. The highest BCUT2D eigenvalue weighted by Crippen LogP contribution is 2.40. The van der Waals surface area contributed by atoms with E-state index in [9.17, 15) is 5.11 Å². The van der Waals surface area contributed by atoms with Crippen LogP contribution in [0, 0.1) is 5.92 Å². The van der Waals surface area contributed by atoms with Crippen molar-refractivity contribution < 1.29 is 14.6 Å². The molecular formula is C14H30N2O3. The molecule has 0 amide bonds. The van der Waals surface area contributed by atoms with E-state index in [1.165, 1.54) is 12.8 Å². The predicted octanol–water partition coefficient (Wildman–Crippen LogP) is 0.332. The second kappa shape index (κ2) is 8.87. The van der Waals surface area contributed by atoms with Gasteiger partial charge in [0.15, 0.2) is 0 Å². The number of hydrogen-bond acceptors (Lipinski definition) is 5. The fourth-order valence-electron chi connectivity index (χ4n) is 2.66. The zero-order chi connectivity index (χ0) is 14.1. The number of hydrogen-bond donors (Lipinski definition) is 2. The molecule has 114 valence electrons. The minimum atomic E-state index is -0.157. The molecule has 0 spiro atoms. The molecule has 2 N–H and O–H groups in total. The molecule has 0 aromatic carbocycles. The molecule has 1 unspecified atom stereocenters. The van der Waals surface area contributed by atoms with E-state index in [0.29, 0.717) is 19.1 Å². The second-order valence-corrected chi connectivity index (χ2v) is 5.38. The van der Waals surface area contributed by atoms with E-state index >= 15 is 0 Å². The van der Waals surface area contributed by atoms with E-state index in [0.717, 1.165) is 26.2 Å². The Hall–Kier alpha value is -0.200. The summed E-state index contributed by atoms with van der Waals surface area (Å²) >= 11 is 0. The Morgan fingerprint density at radius 3 is 2.16 bits per heavy atom. The van der Waals surface area contributed by atoms with Gasteiger partial charge in [0.25, 0.3) is 0 Å². The number of nitrogens with one attached hydrogen (secondary N) is 1. The van der Waals surface area contributed by atoms with Gasteiger partial charge in [0, 0.05) is 33.9 Å². The van der Waals surface area contributed by atoms with Crippen molar-refractivity contribution in [2.24, 2.45) is 5.92 Å². The fourth-order valence-corrected chi connectivity index (χ4v) is 2.66. The molecule has 0 radical (unpaired) electrons. The zero-order valence-electron chi connectivity index (χ0n) is 12.7. The summed E-state index contributed by atoms with van der Waals surface area (Å²) in [6.07, 6.45) is 2.44. The highest BCUT2D eigenvalue weighted by Gasteiger charge is 2.45. The van der Waals surface area contributed by atoms with Crippen molar-refractivity contribution in [3.8, 4) is 0 Å². The van der Waals surface area contributed by atoms with Crippen LogP contribution in [0.4, 0.5) is 0 Å². The summed E-state index contributed by atoms with van der Waals surface area (Å²) in [6, 6.07) is 0. The van der Waals surface area contributed by atoms with Gasteiger partial charge in [0.2, 0.25) is 0 Å². The molecule has 0 aliphatic heterocycles. The second-order valence-electron chi connectivity index (χ2n) is 5.38. The standard InChI is InChI=1S/C14H30N2O3/c1-4-15-14(12-17,13-5-6-13)11-16(7-9-18-2)8-10-19-3/h13,15,17H,4-12H2,1-3H3. The van der Waals surface area contributed by atoms with E-state index in [1.807, 2.05) is 0 Å². The third kappa shape index (κ3) is 5.36. The SMILES string of the molecule is CCNC(CO)(CN(CCOC)CCOC)C1CC1. The van der Waals surface area contributed by atoms with Crippen molar-refractivity contribution in [3.63, 3.8) is 0 Å². The van der Waals surface area contributed by atoms with E-state index in [-0.39, 0.29) is 12.1 Å². The van der Waals surface area contributed by atoms with Gasteiger partial charge in [-0.05, 0) is 25.3 Å². The summed E-state index contributed by atoms with van der Waals surface area (Å²) in [6.45, 7) is 7.21. The van der Waals surface area contributed by atoms with Crippen molar-refractivity contribution in [1.29, 1.82) is 0 Å². The topological polar surface area (TPSA) is 54.0 Å². The molecule has 0 aromatic heterocycles. The Kier molecular flexibility index (Phi) is 7.87. The van der Waals surface area contributed by atoms with Crippen LogP contribution in [0.1, 0.15) is 19.8 Å². The highest BCUT2D eigenvalue weighted by molar-refractivity contribution is 5.02. The third-order valence-corrected chi connectivity index (χ3v) is 3.90. The average molecular weight is 274 g/mol. The number of nitrogens with zero attached hydrogens (tertiary/aromatic N) is 1. The first-order valence-electron chi connectivity index (χ1n) is 7.28. The molecular weight excluding hydrogens is 244 g/mol. The van der Waals surface area contributed by atoms with Gasteiger partial charge in [-0.15, -0.1) is 0 Å². The van der Waals surface area contributed by atoms with Crippen LogP contribution >= 0.6 is 0 Å². The van der Waals surface area contributed by atoms with Crippen molar-refractivity contribution in [1.82, 2.24) is 10.2 Å². The first kappa shape index (κ1) is 16.9. The maximum absolute atomic E-state index is 9.87. The molecule has 19 heavy (non-hydrogen) atoms. The largest absolute Gasteiger partial charge is 0.394 e. The normalized spacial score (nSPS) is 18.8. The Morgan fingerprint density at radius 1 is 1.21 bits per heavy atom. The van der Waals surface area contributed by atoms with Gasteiger partial charge in [-0.1, -0.05) is 6.92 Å². The average Bonchev–Trinajstić information content (AvgIpc) is 3.25. The number of aliphatic hydroxyl groups is 1. The molecule has 0 aromatic rings. The number of methoxy groups -OCH3 is 2. The van der Waals surface area contributed by atoms with Gasteiger partial charge >= 0.3 is 0 Å². The number of rotatable bonds is 12. The molecule has 0 heterocycles. The highest BCUT2D eigenvalue weighted by atomic mass is 16.5. The minimum Gasteiger partial charge on any atom is -0.394 e. The molecule has 1 rings (SSSR count). The Labute approximate surface area is 117 Å². The zero-order valence-corrected chi connectivity index (χ0v) is 12.7. The van der Waals surface area contributed by atoms with Crippen LogP contribution in [0.2, 0.25) is 0 Å². The maximum Gasteiger partial charge on any atom is 0.0628 e. The molecule has 1 aliphatic carbocycles. The van der Waals surface area contributed by atoms with Crippen LogP contribution in [0.3, 0.4) is 0 Å². The van der Waals surface area contributed by atoms with Crippen LogP contribution in [-0.4, -0.2) is 75.8 Å². The van der Waals surface area contributed by atoms with Gasteiger partial charge < -0.3 is 19.9 Å². The summed E-state index contributed by atoms with van der Waals surface area (Å²) in [4.78, 5) is 2.32. The van der Waals surface area contributed by atoms with Crippen LogP contribution < -0.4 is 5.32 Å². The Morgan fingerprint density at radius 2 is 1.79 bits per heavy atom. The van der Waals surface area contributed by atoms with Gasteiger partial charge in [-0.2, -0.15) is 0 Å². The minimum absolute atomic E-state index is 0.157. The summed E-state index contributed by atoms with van der Waals surface area (Å²) in [7, 11) is 3.44. The summed E-state index contributed by atoms with van der Waals surface area (Å²) in [5.74, 6) is 0.602. The smallest absolute Gasteiger partial charge is 0.0628 e. The van der Waals surface area contributed by atoms with Gasteiger partial charge in [0.05, 0.1) is 25.4 Å². The van der Waals surface area contributed by atoms with Gasteiger partial charge in [-0.3, -0.25) is 4.90 Å². The van der Waals surface area contributed by atoms with Gasteiger partial charge in [-0.25, -0.2) is 0 Å². The van der Waals surface area contributed by atoms with Crippen LogP contribution in [0.15, 0.2) is 0 Å². The number of aliphatic hydroxyl groups excluding tert-OH is 1. The van der Waals surface area contributed by atoms with Gasteiger partial charge in [0.1, 0.15) is 0 Å². The number of likely N-dealkylation sites (N-methyl/N-ethyl adjacent to an activating group) is 1. The first-order chi connectivity index (χ1) is 9.22. The van der Waals surface area contributed by atoms with Crippen molar-refractivity contribution >= 4 is 0 Å². The Bertz CT molecular complexity index is 229. The lowest BCUT2D eigenvalue weighted by Crippen LogP contribution is -2.58. The van der Waals surface area contributed by atoms with E-state index in [2.05, 4.69) is 17.1 Å². The number of ether oxygens (including phenoxy) is 2. The lowest BCUT2D eigenvalue weighted by molar-refractivity contribution is 0.0594.